The Morgan fingerprint density at radius 2 is 1.18 bits per heavy atom. The highest BCUT2D eigenvalue weighted by molar-refractivity contribution is 6.20. The molecule has 2 aromatic heterocycles. The van der Waals surface area contributed by atoms with Crippen LogP contribution < -0.4 is 0 Å². The first kappa shape index (κ1) is 24.8. The first-order chi connectivity index (χ1) is 22.1. The number of hydrogen-bond acceptors (Lipinski definition) is 1. The van der Waals surface area contributed by atoms with Crippen molar-refractivity contribution < 1.29 is 4.42 Å². The number of aromatic nitrogens is 1. The number of rotatable bonds is 2. The lowest BCUT2D eigenvalue weighted by Gasteiger charge is -2.18. The van der Waals surface area contributed by atoms with Gasteiger partial charge in [0.25, 0.3) is 0 Å². The number of fused-ring (bicyclic) bond motifs is 11. The van der Waals surface area contributed by atoms with E-state index in [0.717, 1.165) is 22.5 Å². The zero-order valence-corrected chi connectivity index (χ0v) is 25.1. The molecule has 0 unspecified atom stereocenters. The van der Waals surface area contributed by atoms with Crippen molar-refractivity contribution in [2.75, 3.05) is 0 Å². The SMILES string of the molecule is CC1(C)c2ccccc2-c2c1oc1c2ccc2c3ccccc3n(-c3ccc4cc(-c5ccc6ccccc6c5)ccc4c3)c21. The topological polar surface area (TPSA) is 18.1 Å². The van der Waals surface area contributed by atoms with Crippen LogP contribution in [0.1, 0.15) is 25.2 Å². The summed E-state index contributed by atoms with van der Waals surface area (Å²) < 4.78 is 9.38. The molecule has 2 heteroatoms. The lowest BCUT2D eigenvalue weighted by molar-refractivity contribution is 0.466. The zero-order valence-electron chi connectivity index (χ0n) is 25.1. The molecule has 0 saturated carbocycles. The van der Waals surface area contributed by atoms with Gasteiger partial charge in [-0.2, -0.15) is 0 Å². The maximum atomic E-state index is 6.98. The van der Waals surface area contributed by atoms with Gasteiger partial charge in [-0.25, -0.2) is 0 Å². The van der Waals surface area contributed by atoms with Gasteiger partial charge < -0.3 is 8.98 Å². The van der Waals surface area contributed by atoms with E-state index < -0.39 is 0 Å². The number of furan rings is 1. The molecule has 0 saturated heterocycles. The molecule has 0 spiro atoms. The predicted molar refractivity (Wildman–Crippen MR) is 189 cm³/mol. The molecule has 0 amide bonds. The van der Waals surface area contributed by atoms with Gasteiger partial charge in [0, 0.05) is 32.8 Å². The van der Waals surface area contributed by atoms with Crippen molar-refractivity contribution in [1.29, 1.82) is 0 Å². The van der Waals surface area contributed by atoms with Gasteiger partial charge >= 0.3 is 0 Å². The van der Waals surface area contributed by atoms with E-state index in [4.69, 9.17) is 4.42 Å². The van der Waals surface area contributed by atoms with Gasteiger partial charge in [0.15, 0.2) is 5.58 Å². The minimum atomic E-state index is -0.195. The Balaban J connectivity index is 1.20. The van der Waals surface area contributed by atoms with Crippen LogP contribution >= 0.6 is 0 Å². The third-order valence-corrected chi connectivity index (χ3v) is 10.1. The Labute approximate surface area is 260 Å². The second kappa shape index (κ2) is 8.74. The minimum absolute atomic E-state index is 0.195. The molecule has 10 rings (SSSR count). The van der Waals surface area contributed by atoms with E-state index in [1.165, 1.54) is 71.0 Å². The van der Waals surface area contributed by atoms with E-state index in [1.54, 1.807) is 0 Å². The van der Waals surface area contributed by atoms with Gasteiger partial charge in [0.1, 0.15) is 5.76 Å². The second-order valence-electron chi connectivity index (χ2n) is 13.0. The van der Waals surface area contributed by atoms with Crippen LogP contribution in [0.3, 0.4) is 0 Å². The van der Waals surface area contributed by atoms with Crippen LogP contribution in [0.5, 0.6) is 0 Å². The highest BCUT2D eigenvalue weighted by Gasteiger charge is 2.40. The summed E-state index contributed by atoms with van der Waals surface area (Å²) in [5, 5.41) is 8.60. The summed E-state index contributed by atoms with van der Waals surface area (Å²) in [5.41, 5.74) is 10.5. The Morgan fingerprint density at radius 1 is 0.533 bits per heavy atom. The molecular formula is C43H29NO. The van der Waals surface area contributed by atoms with Crippen molar-refractivity contribution in [3.63, 3.8) is 0 Å². The maximum absolute atomic E-state index is 6.98. The number of benzene rings is 7. The number of nitrogens with zero attached hydrogens (tertiary/aromatic N) is 1. The molecule has 0 atom stereocenters. The molecule has 1 aliphatic rings. The summed E-state index contributed by atoms with van der Waals surface area (Å²) >= 11 is 0. The average Bonchev–Trinajstić information content (AvgIpc) is 3.71. The van der Waals surface area contributed by atoms with Gasteiger partial charge in [-0.15, -0.1) is 0 Å². The van der Waals surface area contributed by atoms with Crippen LogP contribution in [-0.2, 0) is 5.41 Å². The van der Waals surface area contributed by atoms with Gasteiger partial charge in [-0.05, 0) is 94.0 Å². The molecule has 0 radical (unpaired) electrons. The third kappa shape index (κ3) is 3.34. The summed E-state index contributed by atoms with van der Waals surface area (Å²) in [4.78, 5) is 0. The molecule has 0 bridgehead atoms. The summed E-state index contributed by atoms with van der Waals surface area (Å²) in [5.74, 6) is 1.06. The van der Waals surface area contributed by atoms with Crippen molar-refractivity contribution in [2.24, 2.45) is 0 Å². The van der Waals surface area contributed by atoms with Crippen LogP contribution in [0, 0.1) is 0 Å². The Morgan fingerprint density at radius 3 is 2.04 bits per heavy atom. The van der Waals surface area contributed by atoms with Crippen molar-refractivity contribution in [1.82, 2.24) is 4.57 Å². The van der Waals surface area contributed by atoms with E-state index in [9.17, 15) is 0 Å². The first-order valence-corrected chi connectivity index (χ1v) is 15.7. The summed E-state index contributed by atoms with van der Waals surface area (Å²) in [7, 11) is 0. The van der Waals surface area contributed by atoms with Gasteiger partial charge in [0.05, 0.1) is 11.0 Å². The summed E-state index contributed by atoms with van der Waals surface area (Å²) in [6.45, 7) is 4.56. The fourth-order valence-electron chi connectivity index (χ4n) is 7.87. The normalized spacial score (nSPS) is 13.7. The fourth-order valence-corrected chi connectivity index (χ4v) is 7.87. The molecule has 0 aliphatic heterocycles. The van der Waals surface area contributed by atoms with Crippen LogP contribution in [-0.4, -0.2) is 4.57 Å². The highest BCUT2D eigenvalue weighted by atomic mass is 16.3. The summed E-state index contributed by atoms with van der Waals surface area (Å²) in [6, 6.07) is 51.0. The fraction of sp³-hybridized carbons (Fsp3) is 0.0698. The number of para-hydroxylation sites is 1. The first-order valence-electron chi connectivity index (χ1n) is 15.7. The molecule has 1 aliphatic carbocycles. The molecule has 9 aromatic rings. The Kier molecular flexibility index (Phi) is 4.82. The third-order valence-electron chi connectivity index (χ3n) is 10.1. The molecule has 2 nitrogen and oxygen atoms in total. The Bertz CT molecular complexity index is 2680. The maximum Gasteiger partial charge on any atom is 0.159 e. The van der Waals surface area contributed by atoms with Crippen molar-refractivity contribution in [3.05, 3.63) is 151 Å². The second-order valence-corrected chi connectivity index (χ2v) is 13.0. The largest absolute Gasteiger partial charge is 0.457 e. The van der Waals surface area contributed by atoms with Crippen LogP contribution in [0.4, 0.5) is 0 Å². The molecule has 212 valence electrons. The van der Waals surface area contributed by atoms with Crippen molar-refractivity contribution >= 4 is 54.3 Å². The molecular weight excluding hydrogens is 546 g/mol. The number of hydrogen-bond donors (Lipinski definition) is 0. The molecule has 0 fully saturated rings. The van der Waals surface area contributed by atoms with Gasteiger partial charge in [-0.3, -0.25) is 0 Å². The summed E-state index contributed by atoms with van der Waals surface area (Å²) in [6.07, 6.45) is 0. The Hall–Kier alpha value is -5.60. The quantitative estimate of drug-likeness (QED) is 0.200. The van der Waals surface area contributed by atoms with Crippen LogP contribution in [0.15, 0.2) is 144 Å². The van der Waals surface area contributed by atoms with Crippen molar-refractivity contribution in [2.45, 2.75) is 19.3 Å². The lowest BCUT2D eigenvalue weighted by atomic mass is 9.86. The molecule has 2 heterocycles. The minimum Gasteiger partial charge on any atom is -0.457 e. The molecule has 7 aromatic carbocycles. The van der Waals surface area contributed by atoms with Crippen LogP contribution in [0.25, 0.3) is 82.3 Å². The van der Waals surface area contributed by atoms with Gasteiger partial charge in [-0.1, -0.05) is 103 Å². The monoisotopic (exact) mass is 575 g/mol. The average molecular weight is 576 g/mol. The van der Waals surface area contributed by atoms with E-state index in [-0.39, 0.29) is 5.41 Å². The zero-order chi connectivity index (χ0) is 29.9. The lowest BCUT2D eigenvalue weighted by Crippen LogP contribution is -2.14. The van der Waals surface area contributed by atoms with E-state index >= 15 is 0 Å². The van der Waals surface area contributed by atoms with Crippen molar-refractivity contribution in [3.8, 4) is 27.9 Å². The standard InChI is InChI=1S/C43H29NO/c1-43(2)37-13-7-5-12-35(37)39-36-22-21-34-33-11-6-8-14-38(33)44(40(34)41(36)45-42(39)43)32-20-19-30-24-29(17-18-31(30)25-32)28-16-15-26-9-3-4-10-27(26)23-28/h3-25H,1-2H3. The predicted octanol–water partition coefficient (Wildman–Crippen LogP) is 11.8. The molecule has 45 heavy (non-hydrogen) atoms. The van der Waals surface area contributed by atoms with E-state index in [1.807, 2.05) is 0 Å². The van der Waals surface area contributed by atoms with E-state index in [2.05, 4.69) is 158 Å². The van der Waals surface area contributed by atoms with Crippen LogP contribution in [0.2, 0.25) is 0 Å². The highest BCUT2D eigenvalue weighted by Crippen LogP contribution is 2.54. The molecule has 0 N–H and O–H groups in total. The van der Waals surface area contributed by atoms with Gasteiger partial charge in [0.2, 0.25) is 0 Å². The van der Waals surface area contributed by atoms with E-state index in [0.29, 0.717) is 0 Å². The smallest absolute Gasteiger partial charge is 0.159 e.